The second-order valence-corrected chi connectivity index (χ2v) is 11.6. The lowest BCUT2D eigenvalue weighted by atomic mass is 10.0. The molecule has 6 nitrogen and oxygen atoms in total. The minimum Gasteiger partial charge on any atom is -0.280 e. The largest absolute Gasteiger partial charge is 0.280 e. The number of hydrogen-bond acceptors (Lipinski definition) is 6. The van der Waals surface area contributed by atoms with Crippen molar-refractivity contribution in [1.29, 1.82) is 0 Å². The van der Waals surface area contributed by atoms with Crippen molar-refractivity contribution in [3.05, 3.63) is 48.0 Å². The Kier molecular flexibility index (Phi) is 5.29. The molecule has 1 aromatic heterocycles. The van der Waals surface area contributed by atoms with Gasteiger partial charge in [-0.1, -0.05) is 32.9 Å². The molecule has 0 unspecified atom stereocenters. The molecule has 3 rings (SSSR count). The van der Waals surface area contributed by atoms with E-state index in [-0.39, 0.29) is 15.0 Å². The summed E-state index contributed by atoms with van der Waals surface area (Å²) in [7, 11) is -7.13. The molecule has 144 valence electrons. The number of sulfone groups is 1. The lowest BCUT2D eigenvalue weighted by Crippen LogP contribution is -2.12. The Balaban J connectivity index is 1.91. The summed E-state index contributed by atoms with van der Waals surface area (Å²) in [6.45, 7) is 5.64. The Hall–Kier alpha value is -1.97. The molecular formula is C18H20N2O4S3. The van der Waals surface area contributed by atoms with Crippen LogP contribution in [0.2, 0.25) is 0 Å². The van der Waals surface area contributed by atoms with Crippen LogP contribution in [0.4, 0.5) is 5.69 Å². The summed E-state index contributed by atoms with van der Waals surface area (Å²) < 4.78 is 52.4. The highest BCUT2D eigenvalue weighted by Gasteiger charge is 2.19. The second-order valence-electron chi connectivity index (χ2n) is 6.39. The summed E-state index contributed by atoms with van der Waals surface area (Å²) in [6, 6.07) is 11.5. The maximum atomic E-state index is 12.6. The highest BCUT2D eigenvalue weighted by Crippen LogP contribution is 2.29. The number of aromatic nitrogens is 1. The Morgan fingerprint density at radius 1 is 1.04 bits per heavy atom. The van der Waals surface area contributed by atoms with Gasteiger partial charge in [0.1, 0.15) is 0 Å². The zero-order valence-corrected chi connectivity index (χ0v) is 17.6. The summed E-state index contributed by atoms with van der Waals surface area (Å²) in [5, 5.41) is 0. The van der Waals surface area contributed by atoms with E-state index < -0.39 is 19.9 Å². The van der Waals surface area contributed by atoms with Gasteiger partial charge in [-0.3, -0.25) is 4.72 Å². The van der Waals surface area contributed by atoms with E-state index in [0.29, 0.717) is 21.8 Å². The first kappa shape index (κ1) is 19.8. The molecule has 0 saturated carbocycles. The Morgan fingerprint density at radius 2 is 1.70 bits per heavy atom. The maximum Gasteiger partial charge on any atom is 0.261 e. The van der Waals surface area contributed by atoms with Crippen molar-refractivity contribution in [2.45, 2.75) is 35.9 Å². The molecule has 0 radical (unpaired) electrons. The zero-order valence-electron chi connectivity index (χ0n) is 15.1. The van der Waals surface area contributed by atoms with Gasteiger partial charge in [0.15, 0.2) is 0 Å². The van der Waals surface area contributed by atoms with Crippen LogP contribution in [0.3, 0.4) is 0 Å². The van der Waals surface area contributed by atoms with Crippen molar-refractivity contribution in [2.24, 2.45) is 0 Å². The number of anilines is 1. The van der Waals surface area contributed by atoms with E-state index in [4.69, 9.17) is 0 Å². The van der Waals surface area contributed by atoms with Crippen LogP contribution < -0.4 is 4.72 Å². The molecule has 0 aliphatic carbocycles. The summed E-state index contributed by atoms with van der Waals surface area (Å²) in [4.78, 5) is 4.30. The van der Waals surface area contributed by atoms with Gasteiger partial charge in [-0.2, -0.15) is 0 Å². The van der Waals surface area contributed by atoms with E-state index in [2.05, 4.69) is 9.71 Å². The standard InChI is InChI=1S/C18H20N2O4S3/c1-4-26(21,22)18-19-16-10-7-14(11-17(16)25-18)20-27(23,24)15-8-5-13(6-9-15)12(2)3/h5-12,20H,4H2,1-3H3. The Morgan fingerprint density at radius 3 is 2.30 bits per heavy atom. The van der Waals surface area contributed by atoms with E-state index in [1.807, 2.05) is 13.8 Å². The third-order valence-corrected chi connectivity index (χ3v) is 8.73. The number of benzene rings is 2. The zero-order chi connectivity index (χ0) is 19.8. The van der Waals surface area contributed by atoms with Crippen LogP contribution in [0.15, 0.2) is 51.7 Å². The smallest absolute Gasteiger partial charge is 0.261 e. The number of sulfonamides is 1. The van der Waals surface area contributed by atoms with Crippen LogP contribution >= 0.6 is 11.3 Å². The lowest BCUT2D eigenvalue weighted by molar-refractivity contribution is 0.596. The highest BCUT2D eigenvalue weighted by atomic mass is 32.2. The first-order valence-electron chi connectivity index (χ1n) is 8.38. The molecule has 0 fully saturated rings. The molecule has 3 aromatic rings. The Bertz CT molecular complexity index is 1180. The average molecular weight is 425 g/mol. The van der Waals surface area contributed by atoms with E-state index in [0.717, 1.165) is 16.9 Å². The number of fused-ring (bicyclic) bond motifs is 1. The van der Waals surface area contributed by atoms with E-state index in [1.54, 1.807) is 49.4 Å². The van der Waals surface area contributed by atoms with Gasteiger partial charge in [-0.15, -0.1) is 11.3 Å². The molecule has 0 spiro atoms. The first-order valence-corrected chi connectivity index (χ1v) is 12.3. The molecule has 0 bridgehead atoms. The van der Waals surface area contributed by atoms with E-state index in [1.165, 1.54) is 0 Å². The van der Waals surface area contributed by atoms with Gasteiger partial charge in [0.05, 0.1) is 26.6 Å². The van der Waals surface area contributed by atoms with Gasteiger partial charge < -0.3 is 0 Å². The molecule has 0 aliphatic rings. The van der Waals surface area contributed by atoms with Crippen LogP contribution in [-0.2, 0) is 19.9 Å². The van der Waals surface area contributed by atoms with Gasteiger partial charge in [0.2, 0.25) is 14.2 Å². The number of hydrogen-bond donors (Lipinski definition) is 1. The third-order valence-electron chi connectivity index (χ3n) is 4.12. The van der Waals surface area contributed by atoms with Gasteiger partial charge in [0.25, 0.3) is 10.0 Å². The molecule has 0 saturated heterocycles. The number of rotatable bonds is 6. The molecule has 0 amide bonds. The first-order chi connectivity index (χ1) is 12.6. The predicted octanol–water partition coefficient (Wildman–Crippen LogP) is 4.01. The summed E-state index contributed by atoms with van der Waals surface area (Å²) in [5.41, 5.74) is 1.94. The van der Waals surface area contributed by atoms with Crippen LogP contribution in [0.1, 0.15) is 32.3 Å². The highest BCUT2D eigenvalue weighted by molar-refractivity contribution is 7.93. The fraction of sp³-hybridized carbons (Fsp3) is 0.278. The molecule has 0 atom stereocenters. The normalized spacial score (nSPS) is 12.6. The predicted molar refractivity (Wildman–Crippen MR) is 109 cm³/mol. The van der Waals surface area contributed by atoms with Crippen molar-refractivity contribution < 1.29 is 16.8 Å². The fourth-order valence-electron chi connectivity index (χ4n) is 2.47. The molecule has 0 aliphatic heterocycles. The number of nitrogens with zero attached hydrogens (tertiary/aromatic N) is 1. The van der Waals surface area contributed by atoms with Gasteiger partial charge in [-0.05, 0) is 41.8 Å². The van der Waals surface area contributed by atoms with Crippen molar-refractivity contribution >= 4 is 47.1 Å². The minimum atomic E-state index is -3.73. The van der Waals surface area contributed by atoms with Gasteiger partial charge >= 0.3 is 0 Å². The average Bonchev–Trinajstić information content (AvgIpc) is 3.05. The van der Waals surface area contributed by atoms with Crippen LogP contribution in [0.25, 0.3) is 10.2 Å². The van der Waals surface area contributed by atoms with Crippen molar-refractivity contribution in [1.82, 2.24) is 4.98 Å². The topological polar surface area (TPSA) is 93.2 Å². The third kappa shape index (κ3) is 4.15. The molecule has 9 heteroatoms. The number of thiazole rings is 1. The van der Waals surface area contributed by atoms with Crippen LogP contribution in [-0.4, -0.2) is 27.6 Å². The van der Waals surface area contributed by atoms with Crippen molar-refractivity contribution in [3.8, 4) is 0 Å². The SMILES string of the molecule is CCS(=O)(=O)c1nc2ccc(NS(=O)(=O)c3ccc(C(C)C)cc3)cc2s1. The summed E-state index contributed by atoms with van der Waals surface area (Å²) in [6.07, 6.45) is 0. The van der Waals surface area contributed by atoms with Crippen LogP contribution in [0.5, 0.6) is 0 Å². The van der Waals surface area contributed by atoms with Crippen molar-refractivity contribution in [2.75, 3.05) is 10.5 Å². The van der Waals surface area contributed by atoms with E-state index in [9.17, 15) is 16.8 Å². The molecule has 1 heterocycles. The van der Waals surface area contributed by atoms with E-state index >= 15 is 0 Å². The molecule has 1 N–H and O–H groups in total. The molecule has 27 heavy (non-hydrogen) atoms. The fourth-order valence-corrected chi connectivity index (χ4v) is 5.87. The lowest BCUT2D eigenvalue weighted by Gasteiger charge is -2.10. The monoisotopic (exact) mass is 424 g/mol. The molecular weight excluding hydrogens is 404 g/mol. The Labute approximate surface area is 163 Å². The summed E-state index contributed by atoms with van der Waals surface area (Å²) in [5.74, 6) is 0.288. The minimum absolute atomic E-state index is 0.0291. The van der Waals surface area contributed by atoms with Crippen molar-refractivity contribution in [3.63, 3.8) is 0 Å². The maximum absolute atomic E-state index is 12.6. The molecule has 2 aromatic carbocycles. The van der Waals surface area contributed by atoms with Gasteiger partial charge in [0, 0.05) is 0 Å². The quantitative estimate of drug-likeness (QED) is 0.645. The van der Waals surface area contributed by atoms with Gasteiger partial charge in [-0.25, -0.2) is 21.8 Å². The second kappa shape index (κ2) is 7.21. The number of nitrogens with one attached hydrogen (secondary N) is 1. The summed E-state index contributed by atoms with van der Waals surface area (Å²) >= 11 is 1.04. The van der Waals surface area contributed by atoms with Crippen LogP contribution in [0, 0.1) is 0 Å².